The first-order chi connectivity index (χ1) is 14.0. The van der Waals surface area contributed by atoms with Gasteiger partial charge in [0, 0.05) is 11.1 Å². The van der Waals surface area contributed by atoms with Crippen LogP contribution in [0.1, 0.15) is 45.4 Å². The number of ether oxygens (including phenoxy) is 1. The maximum atomic E-state index is 13.0. The van der Waals surface area contributed by atoms with Crippen LogP contribution in [-0.2, 0) is 4.79 Å². The highest BCUT2D eigenvalue weighted by molar-refractivity contribution is 8.00. The number of aromatic nitrogens is 3. The molecule has 0 unspecified atom stereocenters. The predicted octanol–water partition coefficient (Wildman–Crippen LogP) is 4.05. The van der Waals surface area contributed by atoms with Crippen molar-refractivity contribution in [2.75, 3.05) is 7.11 Å². The summed E-state index contributed by atoms with van der Waals surface area (Å²) in [5.74, 6) is 4.09. The molecule has 4 aliphatic carbocycles. The molecule has 0 radical (unpaired) electrons. The molecule has 1 aromatic carbocycles. The van der Waals surface area contributed by atoms with Gasteiger partial charge in [-0.3, -0.25) is 9.89 Å². The number of hydrogen-bond donors (Lipinski definition) is 2. The van der Waals surface area contributed by atoms with E-state index in [-0.39, 0.29) is 16.7 Å². The summed E-state index contributed by atoms with van der Waals surface area (Å²) >= 11 is 1.41. The summed E-state index contributed by atoms with van der Waals surface area (Å²) in [6, 6.07) is 7.67. The summed E-state index contributed by atoms with van der Waals surface area (Å²) in [6.45, 7) is 1.95. The quantitative estimate of drug-likeness (QED) is 0.700. The Morgan fingerprint density at radius 3 is 2.38 bits per heavy atom. The first-order valence-corrected chi connectivity index (χ1v) is 11.5. The highest BCUT2D eigenvalue weighted by Gasteiger charge is 2.51. The molecule has 1 atom stereocenters. The van der Waals surface area contributed by atoms with Gasteiger partial charge in [0.25, 0.3) is 0 Å². The minimum atomic E-state index is -0.220. The fourth-order valence-corrected chi connectivity index (χ4v) is 6.74. The second-order valence-electron chi connectivity index (χ2n) is 9.14. The Morgan fingerprint density at radius 2 is 1.79 bits per heavy atom. The predicted molar refractivity (Wildman–Crippen MR) is 113 cm³/mol. The Labute approximate surface area is 175 Å². The van der Waals surface area contributed by atoms with Crippen LogP contribution in [0.3, 0.4) is 0 Å². The molecule has 0 saturated heterocycles. The topological polar surface area (TPSA) is 79.9 Å². The van der Waals surface area contributed by atoms with E-state index < -0.39 is 0 Å². The third kappa shape index (κ3) is 3.77. The lowest BCUT2D eigenvalue weighted by atomic mass is 9.53. The van der Waals surface area contributed by atoms with Crippen LogP contribution in [0.2, 0.25) is 0 Å². The molecule has 6 nitrogen and oxygen atoms in total. The van der Waals surface area contributed by atoms with Crippen molar-refractivity contribution in [1.82, 2.24) is 20.5 Å². The van der Waals surface area contributed by atoms with Gasteiger partial charge < -0.3 is 10.1 Å². The van der Waals surface area contributed by atoms with E-state index in [0.717, 1.165) is 29.1 Å². The number of hydrogen-bond acceptors (Lipinski definition) is 5. The summed E-state index contributed by atoms with van der Waals surface area (Å²) in [5, 5.41) is 11.1. The summed E-state index contributed by atoms with van der Waals surface area (Å²) in [6.07, 6.45) is 7.65. The second-order valence-corrected chi connectivity index (χ2v) is 10.5. The van der Waals surface area contributed by atoms with E-state index in [1.165, 1.54) is 50.3 Å². The van der Waals surface area contributed by atoms with E-state index in [9.17, 15) is 4.79 Å². The molecule has 4 aliphatic rings. The van der Waals surface area contributed by atoms with Crippen molar-refractivity contribution < 1.29 is 9.53 Å². The number of aromatic amines is 1. The van der Waals surface area contributed by atoms with Crippen molar-refractivity contribution in [1.29, 1.82) is 0 Å². The molecule has 1 aromatic heterocycles. The molecule has 6 rings (SSSR count). The number of carbonyl (C=O) groups is 1. The minimum absolute atomic E-state index is 0.0495. The van der Waals surface area contributed by atoms with E-state index in [4.69, 9.17) is 4.74 Å². The molecular weight excluding hydrogens is 384 g/mol. The van der Waals surface area contributed by atoms with Crippen molar-refractivity contribution in [3.63, 3.8) is 0 Å². The van der Waals surface area contributed by atoms with Gasteiger partial charge in [-0.1, -0.05) is 11.8 Å². The summed E-state index contributed by atoms with van der Waals surface area (Å²) in [5.41, 5.74) is 0.990. The summed E-state index contributed by atoms with van der Waals surface area (Å²) in [4.78, 5) is 17.5. The minimum Gasteiger partial charge on any atom is -0.497 e. The van der Waals surface area contributed by atoms with Crippen molar-refractivity contribution in [3.8, 4) is 17.1 Å². The van der Waals surface area contributed by atoms with Crippen LogP contribution >= 0.6 is 11.8 Å². The molecule has 1 heterocycles. The number of nitrogens with zero attached hydrogens (tertiary/aromatic N) is 2. The smallest absolute Gasteiger partial charge is 0.233 e. The van der Waals surface area contributed by atoms with Gasteiger partial charge in [0.05, 0.1) is 12.4 Å². The Morgan fingerprint density at radius 1 is 1.17 bits per heavy atom. The fraction of sp³-hybridized carbons (Fsp3) is 0.591. The maximum Gasteiger partial charge on any atom is 0.233 e. The largest absolute Gasteiger partial charge is 0.497 e. The van der Waals surface area contributed by atoms with E-state index in [1.54, 1.807) is 7.11 Å². The normalized spacial score (nSPS) is 30.9. The Hall–Kier alpha value is -2.02. The van der Waals surface area contributed by atoms with Gasteiger partial charge in [0.2, 0.25) is 11.1 Å². The lowest BCUT2D eigenvalue weighted by molar-refractivity contribution is -0.126. The standard InChI is InChI=1S/C22H28N4O2S/c1-13(20(27)24-22-10-14-7-15(11-22)9-16(8-14)12-22)29-21-23-19(25-26-21)17-3-5-18(28-2)6-4-17/h3-6,13-16H,7-12H2,1-2H3,(H,24,27)(H,23,25,26)/t13-,14?,15?,16?,22?/m0/s1. The molecule has 4 bridgehead atoms. The summed E-state index contributed by atoms with van der Waals surface area (Å²) < 4.78 is 5.19. The number of benzene rings is 1. The highest BCUT2D eigenvalue weighted by Crippen LogP contribution is 2.55. The second kappa shape index (κ2) is 7.35. The molecule has 4 fully saturated rings. The van der Waals surface area contributed by atoms with Gasteiger partial charge in [0.1, 0.15) is 5.75 Å². The molecule has 154 valence electrons. The van der Waals surface area contributed by atoms with E-state index >= 15 is 0 Å². The van der Waals surface area contributed by atoms with Crippen LogP contribution in [0.15, 0.2) is 29.4 Å². The molecule has 1 amide bonds. The average Bonchev–Trinajstić information content (AvgIpc) is 3.15. The van der Waals surface area contributed by atoms with Crippen LogP contribution < -0.4 is 10.1 Å². The van der Waals surface area contributed by atoms with Crippen LogP contribution in [0.5, 0.6) is 5.75 Å². The van der Waals surface area contributed by atoms with Gasteiger partial charge in [0.15, 0.2) is 5.82 Å². The zero-order valence-electron chi connectivity index (χ0n) is 17.0. The lowest BCUT2D eigenvalue weighted by Crippen LogP contribution is -2.60. The zero-order chi connectivity index (χ0) is 20.0. The molecule has 0 aliphatic heterocycles. The first-order valence-electron chi connectivity index (χ1n) is 10.6. The molecule has 7 heteroatoms. The molecule has 2 N–H and O–H groups in total. The number of carbonyl (C=O) groups excluding carboxylic acids is 1. The molecule has 0 spiro atoms. The summed E-state index contributed by atoms with van der Waals surface area (Å²) in [7, 11) is 1.65. The monoisotopic (exact) mass is 412 g/mol. The Kier molecular flexibility index (Phi) is 4.81. The third-order valence-corrected chi connectivity index (χ3v) is 7.87. The fourth-order valence-electron chi connectivity index (χ4n) is 6.02. The SMILES string of the molecule is COc1ccc(-c2nc(S[C@@H](C)C(=O)NC34CC5CC(CC(C5)C3)C4)n[nH]2)cc1. The average molecular weight is 413 g/mol. The van der Waals surface area contributed by atoms with E-state index in [0.29, 0.717) is 11.0 Å². The van der Waals surface area contributed by atoms with Gasteiger partial charge in [-0.25, -0.2) is 4.98 Å². The molecular formula is C22H28N4O2S. The highest BCUT2D eigenvalue weighted by atomic mass is 32.2. The number of nitrogens with one attached hydrogen (secondary N) is 2. The number of amides is 1. The number of H-pyrrole nitrogens is 1. The third-order valence-electron chi connectivity index (χ3n) is 6.91. The van der Waals surface area contributed by atoms with Crippen molar-refractivity contribution >= 4 is 17.7 Å². The first kappa shape index (κ1) is 19.0. The van der Waals surface area contributed by atoms with Gasteiger partial charge in [-0.05, 0) is 87.5 Å². The van der Waals surface area contributed by atoms with Crippen molar-refractivity contribution in [2.24, 2.45) is 17.8 Å². The van der Waals surface area contributed by atoms with Crippen molar-refractivity contribution in [2.45, 2.75) is 61.4 Å². The van der Waals surface area contributed by atoms with Crippen molar-refractivity contribution in [3.05, 3.63) is 24.3 Å². The zero-order valence-corrected chi connectivity index (χ0v) is 17.8. The number of methoxy groups -OCH3 is 1. The van der Waals surface area contributed by atoms with Crippen LogP contribution in [-0.4, -0.2) is 39.0 Å². The molecule has 2 aromatic rings. The van der Waals surface area contributed by atoms with Crippen LogP contribution in [0.25, 0.3) is 11.4 Å². The number of rotatable bonds is 6. The molecule has 29 heavy (non-hydrogen) atoms. The number of thioether (sulfide) groups is 1. The lowest BCUT2D eigenvalue weighted by Gasteiger charge is -2.57. The Bertz CT molecular complexity index is 859. The molecule has 4 saturated carbocycles. The Balaban J connectivity index is 1.22. The maximum absolute atomic E-state index is 13.0. The van der Waals surface area contributed by atoms with Crippen LogP contribution in [0, 0.1) is 17.8 Å². The van der Waals surface area contributed by atoms with E-state index in [1.807, 2.05) is 31.2 Å². The van der Waals surface area contributed by atoms with Gasteiger partial charge in [-0.15, -0.1) is 5.10 Å². The van der Waals surface area contributed by atoms with E-state index in [2.05, 4.69) is 20.5 Å². The van der Waals surface area contributed by atoms with Gasteiger partial charge >= 0.3 is 0 Å². The van der Waals surface area contributed by atoms with Gasteiger partial charge in [-0.2, -0.15) is 0 Å². The van der Waals surface area contributed by atoms with Crippen LogP contribution in [0.4, 0.5) is 0 Å².